The molecule has 4 N–H and O–H groups in total. The Hall–Kier alpha value is -0.770. The highest BCUT2D eigenvalue weighted by atomic mass is 17.1. The van der Waals surface area contributed by atoms with Crippen molar-refractivity contribution < 1.29 is 34.9 Å². The lowest BCUT2D eigenvalue weighted by atomic mass is 9.98. The number of aliphatic hydroxyl groups is 3. The molecule has 2 rings (SSSR count). The second-order valence-electron chi connectivity index (χ2n) is 3.72. The molecule has 92 valence electrons. The molecule has 2 aliphatic rings. The molecule has 0 saturated carbocycles. The zero-order chi connectivity index (χ0) is 11.9. The van der Waals surface area contributed by atoms with E-state index in [9.17, 15) is 10.2 Å². The largest absolute Gasteiger partial charge is 0.394 e. The summed E-state index contributed by atoms with van der Waals surface area (Å²) in [6.07, 6.45) is -4.44. The van der Waals surface area contributed by atoms with Crippen molar-refractivity contribution in [1.82, 2.24) is 0 Å². The number of fused-ring (bicyclic) bond motifs is 1. The van der Waals surface area contributed by atoms with Gasteiger partial charge in [0, 0.05) is 6.92 Å². The third kappa shape index (κ3) is 1.59. The third-order valence-corrected chi connectivity index (χ3v) is 2.65. The number of hydrogen-bond acceptors (Lipinski definition) is 8. The van der Waals surface area contributed by atoms with Gasteiger partial charge in [-0.15, -0.1) is 0 Å². The van der Waals surface area contributed by atoms with E-state index in [2.05, 4.69) is 9.88 Å². The molecule has 5 atom stereocenters. The smallest absolute Gasteiger partial charge is 0.244 e. The second-order valence-corrected chi connectivity index (χ2v) is 3.72. The summed E-state index contributed by atoms with van der Waals surface area (Å²) >= 11 is 0. The average molecular weight is 235 g/mol. The van der Waals surface area contributed by atoms with E-state index in [-0.39, 0.29) is 5.90 Å². The first-order valence-electron chi connectivity index (χ1n) is 4.73. The summed E-state index contributed by atoms with van der Waals surface area (Å²) in [5.74, 6) is -0.125. The topological polar surface area (TPSA) is 124 Å². The molecule has 0 spiro atoms. The van der Waals surface area contributed by atoms with Crippen molar-refractivity contribution in [1.29, 1.82) is 0 Å². The summed E-state index contributed by atoms with van der Waals surface area (Å²) in [6, 6.07) is 0. The van der Waals surface area contributed by atoms with Gasteiger partial charge in [-0.3, -0.25) is 0 Å². The number of ether oxygens (including phenoxy) is 2. The Bertz CT molecular complexity index is 309. The third-order valence-electron chi connectivity index (χ3n) is 2.65. The van der Waals surface area contributed by atoms with Gasteiger partial charge in [0.1, 0.15) is 18.3 Å². The van der Waals surface area contributed by atoms with E-state index < -0.39 is 36.9 Å². The number of hydrogen-bond donors (Lipinski definition) is 4. The van der Waals surface area contributed by atoms with Gasteiger partial charge in [-0.2, -0.15) is 0 Å². The summed E-state index contributed by atoms with van der Waals surface area (Å²) in [4.78, 5) is 7.62. The molecule has 2 heterocycles. The summed E-state index contributed by atoms with van der Waals surface area (Å²) in [5.41, 5.74) is -1.45. The van der Waals surface area contributed by atoms with Crippen LogP contribution in [0.15, 0.2) is 4.99 Å². The van der Waals surface area contributed by atoms with Crippen LogP contribution in [0.5, 0.6) is 0 Å². The number of rotatable bonds is 2. The predicted octanol–water partition coefficient (Wildman–Crippen LogP) is -1.94. The minimum Gasteiger partial charge on any atom is -0.394 e. The van der Waals surface area contributed by atoms with E-state index in [0.717, 1.165) is 0 Å². The van der Waals surface area contributed by atoms with E-state index >= 15 is 0 Å². The molecule has 0 bridgehead atoms. The maximum atomic E-state index is 9.77. The highest BCUT2D eigenvalue weighted by Crippen LogP contribution is 2.48. The minimum absolute atomic E-state index is 0.125. The van der Waals surface area contributed by atoms with Crippen LogP contribution in [0.2, 0.25) is 0 Å². The van der Waals surface area contributed by atoms with Gasteiger partial charge in [0.25, 0.3) is 0 Å². The highest BCUT2D eigenvalue weighted by molar-refractivity contribution is 5.73. The Morgan fingerprint density at radius 1 is 1.50 bits per heavy atom. The summed E-state index contributed by atoms with van der Waals surface area (Å²) < 4.78 is 10.1. The molecular formula is C8H13NO7. The number of aliphatic hydroxyl groups excluding tert-OH is 3. The van der Waals surface area contributed by atoms with Gasteiger partial charge >= 0.3 is 0 Å². The first kappa shape index (κ1) is 11.7. The molecule has 0 amide bonds. The number of aliphatic imine (C=N–C) groups is 1. The van der Waals surface area contributed by atoms with Crippen LogP contribution in [-0.2, 0) is 14.4 Å². The molecule has 2 saturated heterocycles. The van der Waals surface area contributed by atoms with Crippen LogP contribution in [0.25, 0.3) is 0 Å². The molecule has 0 aliphatic carbocycles. The lowest BCUT2D eigenvalue weighted by molar-refractivity contribution is -0.165. The molecule has 0 aromatic carbocycles. The first-order chi connectivity index (χ1) is 7.55. The lowest BCUT2D eigenvalue weighted by Gasteiger charge is -2.31. The van der Waals surface area contributed by atoms with Gasteiger partial charge in [-0.25, -0.2) is 10.2 Å². The normalized spacial score (nSPS) is 47.4. The van der Waals surface area contributed by atoms with Crippen LogP contribution in [0, 0.1) is 0 Å². The summed E-state index contributed by atoms with van der Waals surface area (Å²) in [6.45, 7) is 0.915. The monoisotopic (exact) mass is 235 g/mol. The van der Waals surface area contributed by atoms with Crippen molar-refractivity contribution in [3.05, 3.63) is 0 Å². The van der Waals surface area contributed by atoms with E-state index in [1.165, 1.54) is 6.92 Å². The van der Waals surface area contributed by atoms with Gasteiger partial charge < -0.3 is 29.7 Å². The van der Waals surface area contributed by atoms with Crippen molar-refractivity contribution in [3.63, 3.8) is 0 Å². The summed E-state index contributed by atoms with van der Waals surface area (Å²) in [5, 5.41) is 36.6. The Morgan fingerprint density at radius 2 is 2.19 bits per heavy atom. The van der Waals surface area contributed by atoms with E-state index in [4.69, 9.17) is 19.8 Å². The fourth-order valence-corrected chi connectivity index (χ4v) is 1.72. The molecule has 2 fully saturated rings. The van der Waals surface area contributed by atoms with Crippen LogP contribution in [0.3, 0.4) is 0 Å². The van der Waals surface area contributed by atoms with E-state index in [1.807, 2.05) is 0 Å². The van der Waals surface area contributed by atoms with Crippen LogP contribution in [0.4, 0.5) is 0 Å². The zero-order valence-corrected chi connectivity index (χ0v) is 8.48. The van der Waals surface area contributed by atoms with Crippen molar-refractivity contribution in [2.75, 3.05) is 6.61 Å². The van der Waals surface area contributed by atoms with Crippen molar-refractivity contribution >= 4 is 5.90 Å². The van der Waals surface area contributed by atoms with Crippen LogP contribution < -0.4 is 0 Å². The fourth-order valence-electron chi connectivity index (χ4n) is 1.72. The Kier molecular flexibility index (Phi) is 2.86. The number of epoxide rings is 1. The van der Waals surface area contributed by atoms with Gasteiger partial charge in [-0.05, 0) is 0 Å². The maximum absolute atomic E-state index is 9.77. The molecular weight excluding hydrogens is 222 g/mol. The average Bonchev–Trinajstić information content (AvgIpc) is 2.98. The van der Waals surface area contributed by atoms with E-state index in [0.29, 0.717) is 0 Å². The Labute approximate surface area is 90.6 Å². The molecule has 2 aliphatic heterocycles. The first-order valence-corrected chi connectivity index (χ1v) is 4.73. The summed E-state index contributed by atoms with van der Waals surface area (Å²) in [7, 11) is 0. The van der Waals surface area contributed by atoms with Crippen molar-refractivity contribution in [2.45, 2.75) is 37.3 Å². The maximum Gasteiger partial charge on any atom is 0.244 e. The molecule has 0 radical (unpaired) electrons. The van der Waals surface area contributed by atoms with Gasteiger partial charge in [-0.1, -0.05) is 0 Å². The van der Waals surface area contributed by atoms with Gasteiger partial charge in [0.2, 0.25) is 17.9 Å². The number of nitrogens with zero attached hydrogens (tertiary/aromatic N) is 1. The van der Waals surface area contributed by atoms with Crippen molar-refractivity contribution in [3.8, 4) is 0 Å². The van der Waals surface area contributed by atoms with E-state index in [1.54, 1.807) is 0 Å². The molecule has 8 nitrogen and oxygen atoms in total. The van der Waals surface area contributed by atoms with Crippen LogP contribution >= 0.6 is 0 Å². The second kappa shape index (κ2) is 3.91. The molecule has 16 heavy (non-hydrogen) atoms. The van der Waals surface area contributed by atoms with Crippen LogP contribution in [0.1, 0.15) is 6.92 Å². The zero-order valence-electron chi connectivity index (χ0n) is 8.48. The molecule has 0 aromatic heterocycles. The molecule has 1 unspecified atom stereocenters. The van der Waals surface area contributed by atoms with Crippen LogP contribution in [-0.4, -0.2) is 63.4 Å². The molecule has 0 aromatic rings. The Morgan fingerprint density at radius 3 is 2.75 bits per heavy atom. The standard InChI is InChI=1S/C8H13NO7/c1-3(16-13)9-8-6(12)5(11)4(2-10)14-7(8)15-8/h4-7,10-13H,2H2,1H3/b9-3+/t4-,5-,6+,7?,8+/m1/s1. The lowest BCUT2D eigenvalue weighted by Crippen LogP contribution is -2.54. The van der Waals surface area contributed by atoms with Crippen molar-refractivity contribution in [2.24, 2.45) is 4.99 Å². The molecule has 8 heteroatoms. The Balaban J connectivity index is 2.17. The minimum atomic E-state index is -1.45. The van der Waals surface area contributed by atoms with Gasteiger partial charge in [0.05, 0.1) is 6.61 Å². The quantitative estimate of drug-likeness (QED) is 0.144. The fraction of sp³-hybridized carbons (Fsp3) is 0.875. The predicted molar refractivity (Wildman–Crippen MR) is 48.4 cm³/mol. The SMILES string of the molecule is C/C(=N\[C@@]12OC1O[C@H](CO)[C@@H](O)[C@@H]2O)OO. The van der Waals surface area contributed by atoms with Gasteiger partial charge in [0.15, 0.2) is 0 Å². The highest BCUT2D eigenvalue weighted by Gasteiger charge is 2.70.